The van der Waals surface area contributed by atoms with E-state index < -0.39 is 12.5 Å². The molecule has 2 heterocycles. The monoisotopic (exact) mass is 658 g/mol. The molecule has 4 aliphatic rings. The summed E-state index contributed by atoms with van der Waals surface area (Å²) in [6.07, 6.45) is 9.71. The van der Waals surface area contributed by atoms with Gasteiger partial charge in [-0.3, -0.25) is 14.5 Å². The van der Waals surface area contributed by atoms with Crippen molar-refractivity contribution in [2.45, 2.75) is 36.1 Å². The Hall–Kier alpha value is -4.11. The number of aliphatic carboxylic acids is 1. The maximum absolute atomic E-state index is 12.9. The lowest BCUT2D eigenvalue weighted by molar-refractivity contribution is -0.140. The van der Waals surface area contributed by atoms with E-state index in [1.54, 1.807) is 11.8 Å². The van der Waals surface area contributed by atoms with Gasteiger partial charge in [0.2, 0.25) is 0 Å². The van der Waals surface area contributed by atoms with Crippen LogP contribution in [0.15, 0.2) is 94.7 Å². The lowest BCUT2D eigenvalue weighted by Gasteiger charge is -2.28. The molecule has 2 aliphatic heterocycles. The Morgan fingerprint density at radius 2 is 1.70 bits per heavy atom. The van der Waals surface area contributed by atoms with Crippen LogP contribution in [-0.4, -0.2) is 45.0 Å². The first-order valence-corrected chi connectivity index (χ1v) is 17.8. The summed E-state index contributed by atoms with van der Waals surface area (Å²) in [4.78, 5) is 29.6. The van der Waals surface area contributed by atoms with E-state index in [2.05, 4.69) is 102 Å². The second-order valence-corrected chi connectivity index (χ2v) is 14.6. The fourth-order valence-electron chi connectivity index (χ4n) is 7.48. The normalized spacial score (nSPS) is 21.2. The number of carbonyl (C=O) groups is 2. The van der Waals surface area contributed by atoms with E-state index in [0.29, 0.717) is 16.9 Å². The Morgan fingerprint density at radius 3 is 2.48 bits per heavy atom. The van der Waals surface area contributed by atoms with Crippen LogP contribution in [0.2, 0.25) is 0 Å². The van der Waals surface area contributed by atoms with Gasteiger partial charge in [0.05, 0.1) is 4.91 Å². The zero-order valence-corrected chi connectivity index (χ0v) is 27.6. The van der Waals surface area contributed by atoms with Crippen LogP contribution < -0.4 is 4.90 Å². The van der Waals surface area contributed by atoms with E-state index in [0.717, 1.165) is 23.3 Å². The Morgan fingerprint density at radius 1 is 0.935 bits per heavy atom. The van der Waals surface area contributed by atoms with Crippen LogP contribution in [0.5, 0.6) is 0 Å². The average Bonchev–Trinajstić information content (AvgIpc) is 3.80. The average molecular weight is 659 g/mol. The number of carboxylic acids is 1. The van der Waals surface area contributed by atoms with Gasteiger partial charge in [-0.15, -0.1) is 11.8 Å². The summed E-state index contributed by atoms with van der Waals surface area (Å²) < 4.78 is 0.283. The zero-order valence-electron chi connectivity index (χ0n) is 25.1. The van der Waals surface area contributed by atoms with Crippen molar-refractivity contribution in [1.82, 2.24) is 4.90 Å². The summed E-state index contributed by atoms with van der Waals surface area (Å²) in [6, 6.07) is 31.2. The Bertz CT molecular complexity index is 2020. The number of hydrogen-bond donors (Lipinski definition) is 1. The van der Waals surface area contributed by atoms with Crippen LogP contribution in [-0.2, 0) is 9.59 Å². The molecular weight excluding hydrogens is 629 g/mol. The van der Waals surface area contributed by atoms with Crippen LogP contribution in [0.3, 0.4) is 0 Å². The van der Waals surface area contributed by atoms with Crippen molar-refractivity contribution in [1.29, 1.82) is 0 Å². The Kier molecular flexibility index (Phi) is 7.39. The zero-order chi connectivity index (χ0) is 31.5. The molecule has 1 amide bonds. The van der Waals surface area contributed by atoms with E-state index in [4.69, 9.17) is 12.2 Å². The Labute approximate surface area is 282 Å². The second-order valence-electron chi connectivity index (χ2n) is 12.1. The topological polar surface area (TPSA) is 60.9 Å². The van der Waals surface area contributed by atoms with Gasteiger partial charge in [0.1, 0.15) is 10.9 Å². The summed E-state index contributed by atoms with van der Waals surface area (Å²) in [7, 11) is 0. The lowest BCUT2D eigenvalue weighted by atomic mass is 9.96. The molecule has 4 aromatic carbocycles. The van der Waals surface area contributed by atoms with Crippen molar-refractivity contribution in [3.63, 3.8) is 0 Å². The highest BCUT2D eigenvalue weighted by atomic mass is 32.2. The molecule has 5 nitrogen and oxygen atoms in total. The molecule has 0 spiro atoms. The summed E-state index contributed by atoms with van der Waals surface area (Å²) in [5, 5.41) is 9.20. The van der Waals surface area contributed by atoms with Gasteiger partial charge >= 0.3 is 5.97 Å². The minimum Gasteiger partial charge on any atom is -0.480 e. The highest BCUT2D eigenvalue weighted by Gasteiger charge is 2.42. The van der Waals surface area contributed by atoms with Crippen LogP contribution >= 0.6 is 35.7 Å². The van der Waals surface area contributed by atoms with Crippen molar-refractivity contribution >= 4 is 81.0 Å². The number of thiocarbonyl (C=S) groups is 1. The summed E-state index contributed by atoms with van der Waals surface area (Å²) in [6.45, 7) is -0.419. The van der Waals surface area contributed by atoms with E-state index in [9.17, 15) is 14.7 Å². The highest BCUT2D eigenvalue weighted by Crippen LogP contribution is 2.54. The van der Waals surface area contributed by atoms with Gasteiger partial charge in [-0.1, -0.05) is 78.9 Å². The molecular formula is C38H30N2O3S3. The van der Waals surface area contributed by atoms with Gasteiger partial charge in [0.15, 0.2) is 0 Å². The van der Waals surface area contributed by atoms with E-state index in [1.165, 1.54) is 73.4 Å². The van der Waals surface area contributed by atoms with Crippen molar-refractivity contribution in [2.75, 3.05) is 17.7 Å². The molecule has 0 aromatic heterocycles. The molecule has 4 aromatic rings. The molecule has 8 rings (SSSR count). The van der Waals surface area contributed by atoms with Crippen LogP contribution in [0.1, 0.15) is 53.0 Å². The SMILES string of the molecule is CSc1ccc(/C=C2\c3ccccc3-c3ccc(N4c5ccc(/C=C6\SC(=S)N(CC(=O)O)C6=O)cc5C5CCCC54)cc32)cc1. The van der Waals surface area contributed by atoms with Gasteiger partial charge in [0.25, 0.3) is 5.91 Å². The molecule has 1 saturated heterocycles. The van der Waals surface area contributed by atoms with Crippen LogP contribution in [0.25, 0.3) is 28.9 Å². The number of fused-ring (bicyclic) bond motifs is 6. The first-order valence-electron chi connectivity index (χ1n) is 15.4. The van der Waals surface area contributed by atoms with Crippen molar-refractivity contribution in [2.24, 2.45) is 0 Å². The fourth-order valence-corrected chi connectivity index (χ4v) is 9.15. The minimum absolute atomic E-state index is 0.283. The smallest absolute Gasteiger partial charge is 0.323 e. The standard InChI is InChI=1S/C38H30N2O3S3/c1-45-25-13-9-22(10-14-25)17-30-27-6-3-2-5-26(27)28-15-12-24(20-31(28)30)40-33-8-4-7-29(33)32-18-23(11-16-34(32)40)19-35-37(43)39(21-36(41)42)38(44)46-35/h2-3,5-6,9-20,29,33H,4,7-8,21H2,1H3,(H,41,42)/b30-17+,35-19-. The molecule has 228 valence electrons. The quantitative estimate of drug-likeness (QED) is 0.111. The first kappa shape index (κ1) is 29.3. The molecule has 2 unspecified atom stereocenters. The predicted octanol–water partition coefficient (Wildman–Crippen LogP) is 9.05. The number of anilines is 2. The second kappa shape index (κ2) is 11.6. The third-order valence-corrected chi connectivity index (χ3v) is 11.6. The van der Waals surface area contributed by atoms with Crippen molar-refractivity contribution < 1.29 is 14.7 Å². The third kappa shape index (κ3) is 4.91. The minimum atomic E-state index is -1.08. The molecule has 1 N–H and O–H groups in total. The number of benzene rings is 4. The van der Waals surface area contributed by atoms with Crippen LogP contribution in [0, 0.1) is 0 Å². The molecule has 0 bridgehead atoms. The number of hydrogen-bond acceptors (Lipinski definition) is 6. The molecule has 2 fully saturated rings. The summed E-state index contributed by atoms with van der Waals surface area (Å²) >= 11 is 8.22. The molecule has 2 atom stereocenters. The van der Waals surface area contributed by atoms with Crippen LogP contribution in [0.4, 0.5) is 11.4 Å². The number of rotatable bonds is 6. The van der Waals surface area contributed by atoms with Gasteiger partial charge < -0.3 is 10.0 Å². The largest absolute Gasteiger partial charge is 0.480 e. The fraction of sp³-hybridized carbons (Fsp3) is 0.184. The van der Waals surface area contributed by atoms with Gasteiger partial charge in [-0.05, 0) is 112 Å². The van der Waals surface area contributed by atoms with E-state index >= 15 is 0 Å². The molecule has 8 heteroatoms. The summed E-state index contributed by atoms with van der Waals surface area (Å²) in [5.74, 6) is -1.01. The number of nitrogens with zero attached hydrogens (tertiary/aromatic N) is 2. The maximum atomic E-state index is 12.9. The third-order valence-electron chi connectivity index (χ3n) is 9.49. The highest BCUT2D eigenvalue weighted by molar-refractivity contribution is 8.26. The van der Waals surface area contributed by atoms with Crippen molar-refractivity contribution in [3.8, 4) is 11.1 Å². The molecule has 46 heavy (non-hydrogen) atoms. The molecule has 2 aliphatic carbocycles. The Balaban J connectivity index is 1.17. The number of thioether (sulfide) groups is 2. The lowest BCUT2D eigenvalue weighted by Crippen LogP contribution is -2.33. The van der Waals surface area contributed by atoms with Gasteiger partial charge in [-0.2, -0.15) is 0 Å². The van der Waals surface area contributed by atoms with Gasteiger partial charge in [-0.25, -0.2) is 0 Å². The first-order chi connectivity index (χ1) is 22.4. The maximum Gasteiger partial charge on any atom is 0.323 e. The number of amides is 1. The number of carboxylic acid groups (broad SMARTS) is 1. The van der Waals surface area contributed by atoms with Gasteiger partial charge in [0, 0.05) is 28.2 Å². The van der Waals surface area contributed by atoms with E-state index in [1.807, 2.05) is 6.08 Å². The molecule has 1 saturated carbocycles. The molecule has 0 radical (unpaired) electrons. The van der Waals surface area contributed by atoms with Crippen molar-refractivity contribution in [3.05, 3.63) is 118 Å². The summed E-state index contributed by atoms with van der Waals surface area (Å²) in [5.41, 5.74) is 12.2. The number of carbonyl (C=O) groups excluding carboxylic acids is 1. The van der Waals surface area contributed by atoms with E-state index in [-0.39, 0.29) is 10.2 Å². The predicted molar refractivity (Wildman–Crippen MR) is 194 cm³/mol.